The number of hydrogen-bond acceptors (Lipinski definition) is 5. The molecule has 0 fully saturated rings. The molecule has 0 radical (unpaired) electrons. The lowest BCUT2D eigenvalue weighted by Crippen LogP contribution is -2.45. The van der Waals surface area contributed by atoms with Gasteiger partial charge in [-0.1, -0.05) is 148 Å². The SMILES string of the molecule is CCCCCCCCCCCCCC/C=C/C(O)C(COP(=O)(O)OCC[N+](C)(C)C)NC(=O)CCCCCCCCCCC. The molecule has 268 valence electrons. The van der Waals surface area contributed by atoms with Crippen LogP contribution in [0.15, 0.2) is 12.2 Å². The molecule has 0 rings (SSSR count). The highest BCUT2D eigenvalue weighted by Crippen LogP contribution is 2.43. The van der Waals surface area contributed by atoms with Crippen LogP contribution >= 0.6 is 7.82 Å². The van der Waals surface area contributed by atoms with Crippen molar-refractivity contribution in [3.8, 4) is 0 Å². The molecule has 0 aromatic carbocycles. The number of hydrogen-bond donors (Lipinski definition) is 3. The van der Waals surface area contributed by atoms with Crippen molar-refractivity contribution in [1.29, 1.82) is 0 Å². The summed E-state index contributed by atoms with van der Waals surface area (Å²) in [6.07, 6.45) is 29.9. The number of phosphoric ester groups is 1. The van der Waals surface area contributed by atoms with E-state index in [2.05, 4.69) is 19.2 Å². The van der Waals surface area contributed by atoms with Crippen molar-refractivity contribution in [3.05, 3.63) is 12.2 Å². The van der Waals surface area contributed by atoms with E-state index in [9.17, 15) is 19.4 Å². The Morgan fingerprint density at radius 2 is 1.18 bits per heavy atom. The predicted octanol–water partition coefficient (Wildman–Crippen LogP) is 9.24. The number of rotatable bonds is 33. The van der Waals surface area contributed by atoms with Crippen molar-refractivity contribution in [2.75, 3.05) is 40.9 Å². The second-order valence-corrected chi connectivity index (χ2v) is 15.4. The van der Waals surface area contributed by atoms with Crippen LogP contribution in [0.25, 0.3) is 0 Å². The van der Waals surface area contributed by atoms with Crippen LogP contribution in [-0.2, 0) is 18.4 Å². The van der Waals surface area contributed by atoms with Gasteiger partial charge in [0, 0.05) is 6.42 Å². The zero-order valence-corrected chi connectivity index (χ0v) is 31.0. The lowest BCUT2D eigenvalue weighted by Gasteiger charge is -2.25. The number of likely N-dealkylation sites (N-methyl/N-ethyl adjacent to an activating group) is 1. The van der Waals surface area contributed by atoms with Gasteiger partial charge < -0.3 is 19.8 Å². The van der Waals surface area contributed by atoms with E-state index in [0.717, 1.165) is 38.5 Å². The minimum atomic E-state index is -4.32. The molecule has 9 heteroatoms. The van der Waals surface area contributed by atoms with Crippen molar-refractivity contribution in [1.82, 2.24) is 5.32 Å². The number of nitrogens with one attached hydrogen (secondary N) is 1. The molecule has 0 aliphatic carbocycles. The summed E-state index contributed by atoms with van der Waals surface area (Å²) in [5.74, 6) is -0.182. The molecule has 0 saturated carbocycles. The molecule has 3 N–H and O–H groups in total. The molecular formula is C36H74N2O6P+. The van der Waals surface area contributed by atoms with Crippen molar-refractivity contribution >= 4 is 13.7 Å². The second-order valence-electron chi connectivity index (χ2n) is 14.0. The molecule has 0 spiro atoms. The molecule has 0 aromatic heterocycles. The molecular weight excluding hydrogens is 587 g/mol. The minimum Gasteiger partial charge on any atom is -0.387 e. The van der Waals surface area contributed by atoms with E-state index in [-0.39, 0.29) is 19.1 Å². The van der Waals surface area contributed by atoms with Crippen molar-refractivity contribution in [2.45, 2.75) is 174 Å². The molecule has 1 amide bonds. The van der Waals surface area contributed by atoms with Crippen molar-refractivity contribution < 1.29 is 32.9 Å². The van der Waals surface area contributed by atoms with Crippen LogP contribution < -0.4 is 5.32 Å². The molecule has 8 nitrogen and oxygen atoms in total. The lowest BCUT2D eigenvalue weighted by molar-refractivity contribution is -0.870. The molecule has 0 bridgehead atoms. The third kappa shape index (κ3) is 31.6. The van der Waals surface area contributed by atoms with Gasteiger partial charge in [-0.2, -0.15) is 0 Å². The van der Waals surface area contributed by atoms with Crippen LogP contribution in [0.4, 0.5) is 0 Å². The number of nitrogens with zero attached hydrogens (tertiary/aromatic N) is 1. The number of phosphoric acid groups is 1. The van der Waals surface area contributed by atoms with Gasteiger partial charge in [-0.25, -0.2) is 4.57 Å². The van der Waals surface area contributed by atoms with Gasteiger partial charge in [0.15, 0.2) is 0 Å². The molecule has 3 atom stereocenters. The van der Waals surface area contributed by atoms with Crippen molar-refractivity contribution in [2.24, 2.45) is 0 Å². The first kappa shape index (κ1) is 44.2. The summed E-state index contributed by atoms with van der Waals surface area (Å²) in [6, 6.07) is -0.836. The van der Waals surface area contributed by atoms with E-state index in [1.54, 1.807) is 6.08 Å². The second kappa shape index (κ2) is 29.4. The van der Waals surface area contributed by atoms with E-state index >= 15 is 0 Å². The monoisotopic (exact) mass is 662 g/mol. The number of amides is 1. The average Bonchev–Trinajstić information content (AvgIpc) is 2.97. The van der Waals surface area contributed by atoms with Gasteiger partial charge in [-0.05, 0) is 19.3 Å². The summed E-state index contributed by atoms with van der Waals surface area (Å²) < 4.78 is 23.4. The highest BCUT2D eigenvalue weighted by Gasteiger charge is 2.27. The van der Waals surface area contributed by atoms with E-state index in [4.69, 9.17) is 9.05 Å². The van der Waals surface area contributed by atoms with Crippen LogP contribution in [0, 0.1) is 0 Å². The molecule has 0 heterocycles. The van der Waals surface area contributed by atoms with Gasteiger partial charge in [0.05, 0.1) is 39.9 Å². The van der Waals surface area contributed by atoms with Gasteiger partial charge >= 0.3 is 7.82 Å². The smallest absolute Gasteiger partial charge is 0.387 e. The Balaban J connectivity index is 4.54. The Morgan fingerprint density at radius 1 is 0.733 bits per heavy atom. The Bertz CT molecular complexity index is 758. The zero-order valence-electron chi connectivity index (χ0n) is 30.1. The van der Waals surface area contributed by atoms with Crippen LogP contribution in [0.5, 0.6) is 0 Å². The molecule has 45 heavy (non-hydrogen) atoms. The van der Waals surface area contributed by atoms with E-state index in [1.165, 1.54) is 103 Å². The molecule has 0 aromatic rings. The van der Waals surface area contributed by atoms with Crippen molar-refractivity contribution in [3.63, 3.8) is 0 Å². The van der Waals surface area contributed by atoms with E-state index in [1.807, 2.05) is 27.2 Å². The van der Waals surface area contributed by atoms with Gasteiger partial charge in [0.2, 0.25) is 5.91 Å². The molecule has 0 aliphatic rings. The van der Waals surface area contributed by atoms with Gasteiger partial charge in [0.25, 0.3) is 0 Å². The summed E-state index contributed by atoms with van der Waals surface area (Å²) in [5, 5.41) is 13.7. The van der Waals surface area contributed by atoms with E-state index < -0.39 is 20.0 Å². The predicted molar refractivity (Wildman–Crippen MR) is 189 cm³/mol. The maximum atomic E-state index is 12.7. The number of quaternary nitrogens is 1. The normalized spacial score (nSPS) is 14.9. The molecule has 0 saturated heterocycles. The number of aliphatic hydroxyl groups is 1. The fourth-order valence-electron chi connectivity index (χ4n) is 5.22. The Labute approximate surface area is 278 Å². The standard InChI is InChI=1S/C36H73N2O6P/c1-6-8-10-12-14-16-17-18-19-20-22-23-25-27-29-35(39)34(33-44-45(41,42)43-32-31-38(3,4)5)37-36(40)30-28-26-24-21-15-13-11-9-7-2/h27,29,34-35,39H,6-26,28,30-33H2,1-5H3,(H-,37,40,41,42)/p+1/b29-27+. The molecule has 3 unspecified atom stereocenters. The first-order chi connectivity index (χ1) is 21.5. The summed E-state index contributed by atoms with van der Waals surface area (Å²) in [4.78, 5) is 22.9. The Hall–Kier alpha value is -0.760. The molecule has 0 aliphatic heterocycles. The first-order valence-electron chi connectivity index (χ1n) is 18.6. The fourth-order valence-corrected chi connectivity index (χ4v) is 5.95. The Morgan fingerprint density at radius 3 is 1.64 bits per heavy atom. The number of aliphatic hydroxyl groups excluding tert-OH is 1. The number of carbonyl (C=O) groups is 1. The van der Waals surface area contributed by atoms with Gasteiger partial charge in [-0.3, -0.25) is 13.8 Å². The van der Waals surface area contributed by atoms with Crippen LogP contribution in [0.1, 0.15) is 162 Å². The summed E-state index contributed by atoms with van der Waals surface area (Å²) in [6.45, 7) is 4.77. The largest absolute Gasteiger partial charge is 0.472 e. The summed E-state index contributed by atoms with van der Waals surface area (Å²) in [5.41, 5.74) is 0. The number of carbonyl (C=O) groups excluding carboxylic acids is 1. The maximum absolute atomic E-state index is 12.7. The highest BCUT2D eigenvalue weighted by atomic mass is 31.2. The fraction of sp³-hybridized carbons (Fsp3) is 0.917. The highest BCUT2D eigenvalue weighted by molar-refractivity contribution is 7.47. The Kier molecular flexibility index (Phi) is 28.9. The summed E-state index contributed by atoms with van der Waals surface area (Å²) >= 11 is 0. The average molecular weight is 662 g/mol. The minimum absolute atomic E-state index is 0.0639. The van der Waals surface area contributed by atoms with Crippen LogP contribution in [-0.4, -0.2) is 73.4 Å². The third-order valence-corrected chi connectivity index (χ3v) is 9.24. The van der Waals surface area contributed by atoms with Crippen LogP contribution in [0.2, 0.25) is 0 Å². The van der Waals surface area contributed by atoms with Gasteiger partial charge in [0.1, 0.15) is 13.2 Å². The topological polar surface area (TPSA) is 105 Å². The lowest BCUT2D eigenvalue weighted by atomic mass is 10.0. The van der Waals surface area contributed by atoms with Crippen LogP contribution in [0.3, 0.4) is 0 Å². The third-order valence-electron chi connectivity index (χ3n) is 8.26. The van der Waals surface area contributed by atoms with E-state index in [0.29, 0.717) is 17.4 Å². The van der Waals surface area contributed by atoms with Gasteiger partial charge in [-0.15, -0.1) is 0 Å². The maximum Gasteiger partial charge on any atom is 0.472 e. The zero-order chi connectivity index (χ0) is 33.7. The quantitative estimate of drug-likeness (QED) is 0.0280. The number of allylic oxidation sites excluding steroid dienone is 1. The first-order valence-corrected chi connectivity index (χ1v) is 20.1. The summed E-state index contributed by atoms with van der Waals surface area (Å²) in [7, 11) is 1.57. The number of unbranched alkanes of at least 4 members (excludes halogenated alkanes) is 20.